The molecule has 0 spiro atoms. The van der Waals surface area contributed by atoms with Gasteiger partial charge in [0.15, 0.2) is 0 Å². The van der Waals surface area contributed by atoms with Crippen molar-refractivity contribution in [3.8, 4) is 5.75 Å². The quantitative estimate of drug-likeness (QED) is 0.455. The lowest BCUT2D eigenvalue weighted by Gasteiger charge is -2.19. The van der Waals surface area contributed by atoms with E-state index >= 15 is 0 Å². The fraction of sp³-hybridized carbons (Fsp3) is 0.381. The molecule has 1 saturated heterocycles. The van der Waals surface area contributed by atoms with Crippen LogP contribution in [0.5, 0.6) is 5.75 Å². The Balaban J connectivity index is 1.59. The highest BCUT2D eigenvalue weighted by Gasteiger charge is 2.25. The van der Waals surface area contributed by atoms with Crippen LogP contribution in [-0.2, 0) is 11.4 Å². The van der Waals surface area contributed by atoms with Crippen LogP contribution in [0.2, 0.25) is 10.0 Å². The molecule has 1 aliphatic heterocycles. The third-order valence-electron chi connectivity index (χ3n) is 4.63. The van der Waals surface area contributed by atoms with E-state index in [4.69, 9.17) is 32.8 Å². The van der Waals surface area contributed by atoms with E-state index in [2.05, 4.69) is 23.9 Å². The Hall–Kier alpha value is -1.75. The maximum Gasteiger partial charge on any atom is 0.141 e. The number of benzene rings is 2. The molecule has 1 atom stereocenters. The van der Waals surface area contributed by atoms with E-state index in [0.717, 1.165) is 36.4 Å². The average Bonchev–Trinajstić information content (AvgIpc) is 3.11. The molecule has 1 fully saturated rings. The summed E-state index contributed by atoms with van der Waals surface area (Å²) in [5.74, 6) is 0.728. The smallest absolute Gasteiger partial charge is 0.141 e. The van der Waals surface area contributed by atoms with Gasteiger partial charge in [-0.05, 0) is 38.1 Å². The summed E-state index contributed by atoms with van der Waals surface area (Å²) in [6, 6.07) is 13.6. The minimum absolute atomic E-state index is 0.143. The van der Waals surface area contributed by atoms with Gasteiger partial charge < -0.3 is 9.57 Å². The summed E-state index contributed by atoms with van der Waals surface area (Å²) in [6.45, 7) is 6.73. The van der Waals surface area contributed by atoms with Crippen LogP contribution in [0.15, 0.2) is 47.6 Å². The molecule has 3 rings (SSSR count). The summed E-state index contributed by atoms with van der Waals surface area (Å²) in [4.78, 5) is 8.07. The fourth-order valence-electron chi connectivity index (χ4n) is 3.00. The van der Waals surface area contributed by atoms with Crippen molar-refractivity contribution in [3.63, 3.8) is 0 Å². The highest BCUT2D eigenvalue weighted by molar-refractivity contribution is 6.35. The third-order valence-corrected chi connectivity index (χ3v) is 5.21. The highest BCUT2D eigenvalue weighted by Crippen LogP contribution is 2.24. The van der Waals surface area contributed by atoms with Crippen molar-refractivity contribution >= 4 is 29.4 Å². The molecule has 0 bridgehead atoms. The predicted octanol–water partition coefficient (Wildman–Crippen LogP) is 5.41. The number of hydrogen-bond acceptors (Lipinski definition) is 4. The zero-order chi connectivity index (χ0) is 19.2. The van der Waals surface area contributed by atoms with Gasteiger partial charge >= 0.3 is 0 Å². The zero-order valence-electron chi connectivity index (χ0n) is 15.6. The van der Waals surface area contributed by atoms with Crippen LogP contribution >= 0.6 is 23.2 Å². The molecule has 6 heteroatoms. The molecule has 0 N–H and O–H groups in total. The lowest BCUT2D eigenvalue weighted by atomic mass is 10.2. The van der Waals surface area contributed by atoms with Crippen molar-refractivity contribution in [1.29, 1.82) is 0 Å². The first-order valence-electron chi connectivity index (χ1n) is 9.12. The number of likely N-dealkylation sites (tertiary alicyclic amines) is 1. The molecule has 0 amide bonds. The second-order valence-corrected chi connectivity index (χ2v) is 7.75. The average molecular weight is 407 g/mol. The number of halogens is 2. The lowest BCUT2D eigenvalue weighted by molar-refractivity contribution is 0.0634. The summed E-state index contributed by atoms with van der Waals surface area (Å²) in [5, 5.41) is 5.39. The molecule has 0 saturated carbocycles. The van der Waals surface area contributed by atoms with E-state index < -0.39 is 0 Å². The SMILES string of the molecule is CC(C)N1CCC(O/N=C/c2ccccc2OCc2ccc(Cl)cc2Cl)C1. The Bertz CT molecular complexity index is 796. The Morgan fingerprint density at radius 1 is 1.22 bits per heavy atom. The van der Waals surface area contributed by atoms with Gasteiger partial charge in [0.1, 0.15) is 18.5 Å². The van der Waals surface area contributed by atoms with Crippen LogP contribution in [0.25, 0.3) is 0 Å². The molecule has 1 aliphatic rings. The van der Waals surface area contributed by atoms with Crippen molar-refractivity contribution in [2.45, 2.75) is 39.0 Å². The van der Waals surface area contributed by atoms with E-state index in [1.54, 1.807) is 18.3 Å². The molecule has 0 aliphatic carbocycles. The topological polar surface area (TPSA) is 34.1 Å². The molecule has 0 radical (unpaired) electrons. The predicted molar refractivity (Wildman–Crippen MR) is 111 cm³/mol. The second-order valence-electron chi connectivity index (χ2n) is 6.90. The third kappa shape index (κ3) is 5.61. The monoisotopic (exact) mass is 406 g/mol. The van der Waals surface area contributed by atoms with Crippen LogP contribution in [0.1, 0.15) is 31.4 Å². The van der Waals surface area contributed by atoms with Crippen LogP contribution in [0.3, 0.4) is 0 Å². The van der Waals surface area contributed by atoms with Gasteiger partial charge in [-0.15, -0.1) is 0 Å². The summed E-state index contributed by atoms with van der Waals surface area (Å²) >= 11 is 12.1. The minimum atomic E-state index is 0.143. The summed E-state index contributed by atoms with van der Waals surface area (Å²) < 4.78 is 5.93. The Kier molecular flexibility index (Phi) is 7.00. The molecule has 0 aromatic heterocycles. The van der Waals surface area contributed by atoms with Gasteiger partial charge in [0.05, 0.1) is 6.21 Å². The molecule has 1 unspecified atom stereocenters. The van der Waals surface area contributed by atoms with E-state index in [0.29, 0.717) is 22.7 Å². The van der Waals surface area contributed by atoms with Crippen molar-refractivity contribution in [2.24, 2.45) is 5.16 Å². The van der Waals surface area contributed by atoms with Gasteiger partial charge in [-0.1, -0.05) is 46.6 Å². The van der Waals surface area contributed by atoms with Gasteiger partial charge in [-0.3, -0.25) is 4.90 Å². The summed E-state index contributed by atoms with van der Waals surface area (Å²) in [5.41, 5.74) is 1.74. The van der Waals surface area contributed by atoms with Gasteiger partial charge in [-0.2, -0.15) is 0 Å². The lowest BCUT2D eigenvalue weighted by Crippen LogP contribution is -2.29. The van der Waals surface area contributed by atoms with Crippen LogP contribution in [-0.4, -0.2) is 36.3 Å². The van der Waals surface area contributed by atoms with E-state index in [1.165, 1.54) is 0 Å². The van der Waals surface area contributed by atoms with Crippen molar-refractivity contribution in [3.05, 3.63) is 63.6 Å². The Morgan fingerprint density at radius 3 is 2.78 bits per heavy atom. The summed E-state index contributed by atoms with van der Waals surface area (Å²) in [7, 11) is 0. The molecular formula is C21H24Cl2N2O2. The van der Waals surface area contributed by atoms with Gasteiger partial charge in [0.25, 0.3) is 0 Å². The largest absolute Gasteiger partial charge is 0.488 e. The molecule has 4 nitrogen and oxygen atoms in total. The summed E-state index contributed by atoms with van der Waals surface area (Å²) in [6.07, 6.45) is 2.85. The van der Waals surface area contributed by atoms with Crippen molar-refractivity contribution in [2.75, 3.05) is 13.1 Å². The molecule has 144 valence electrons. The van der Waals surface area contributed by atoms with Crippen LogP contribution < -0.4 is 4.74 Å². The molecule has 2 aromatic rings. The van der Waals surface area contributed by atoms with Crippen LogP contribution in [0, 0.1) is 0 Å². The number of hydrogen-bond donors (Lipinski definition) is 0. The van der Waals surface area contributed by atoms with Crippen molar-refractivity contribution in [1.82, 2.24) is 4.90 Å². The number of para-hydroxylation sites is 1. The minimum Gasteiger partial charge on any atom is -0.488 e. The van der Waals surface area contributed by atoms with Gasteiger partial charge in [-0.25, -0.2) is 0 Å². The molecule has 27 heavy (non-hydrogen) atoms. The van der Waals surface area contributed by atoms with Crippen LogP contribution in [0.4, 0.5) is 0 Å². The first-order valence-corrected chi connectivity index (χ1v) is 9.87. The maximum atomic E-state index is 6.21. The number of oxime groups is 1. The molecule has 2 aromatic carbocycles. The Labute approximate surface area is 170 Å². The second kappa shape index (κ2) is 9.45. The van der Waals surface area contributed by atoms with Gasteiger partial charge in [0.2, 0.25) is 0 Å². The van der Waals surface area contributed by atoms with E-state index in [-0.39, 0.29) is 6.10 Å². The van der Waals surface area contributed by atoms with Gasteiger partial charge in [0, 0.05) is 46.7 Å². The van der Waals surface area contributed by atoms with Crippen molar-refractivity contribution < 1.29 is 9.57 Å². The number of rotatable bonds is 7. The standard InChI is InChI=1S/C21H24Cl2N2O2/c1-15(2)25-10-9-19(13-25)27-24-12-16-5-3-4-6-21(16)26-14-17-7-8-18(22)11-20(17)23/h3-8,11-12,15,19H,9-10,13-14H2,1-2H3/b24-12+. The normalized spacial score (nSPS) is 17.7. The zero-order valence-corrected chi connectivity index (χ0v) is 17.1. The fourth-order valence-corrected chi connectivity index (χ4v) is 3.46. The number of ether oxygens (including phenoxy) is 1. The molecule has 1 heterocycles. The first kappa shape index (κ1) is 20.0. The van der Waals surface area contributed by atoms with E-state index in [1.807, 2.05) is 30.3 Å². The van der Waals surface area contributed by atoms with E-state index in [9.17, 15) is 0 Å². The maximum absolute atomic E-state index is 6.21. The first-order chi connectivity index (χ1) is 13.0. The molecular weight excluding hydrogens is 383 g/mol. The number of nitrogens with zero attached hydrogens (tertiary/aromatic N) is 2. The highest BCUT2D eigenvalue weighted by atomic mass is 35.5. The Morgan fingerprint density at radius 2 is 2.04 bits per heavy atom.